The van der Waals surface area contributed by atoms with E-state index in [0.717, 1.165) is 109 Å². The van der Waals surface area contributed by atoms with Crippen LogP contribution < -0.4 is 0 Å². The van der Waals surface area contributed by atoms with Crippen LogP contribution in [0.4, 0.5) is 0 Å². The van der Waals surface area contributed by atoms with Crippen LogP contribution in [0.3, 0.4) is 0 Å². The molecular formula is C80H156O17P2. The minimum atomic E-state index is -4.96. The molecule has 17 nitrogen and oxygen atoms in total. The molecule has 0 radical (unpaired) electrons. The van der Waals surface area contributed by atoms with Crippen LogP contribution in [0, 0.1) is 5.92 Å². The number of esters is 4. The van der Waals surface area contributed by atoms with Gasteiger partial charge in [0.05, 0.1) is 26.4 Å². The highest BCUT2D eigenvalue weighted by atomic mass is 31.2. The van der Waals surface area contributed by atoms with Crippen LogP contribution >= 0.6 is 15.6 Å². The molecule has 0 aliphatic rings. The molecule has 2 unspecified atom stereocenters. The van der Waals surface area contributed by atoms with Gasteiger partial charge >= 0.3 is 39.5 Å². The number of ether oxygens (including phenoxy) is 4. The Kier molecular flexibility index (Phi) is 71.6. The van der Waals surface area contributed by atoms with Crippen LogP contribution in [-0.2, 0) is 65.4 Å². The van der Waals surface area contributed by atoms with Crippen LogP contribution in [-0.4, -0.2) is 96.7 Å². The zero-order chi connectivity index (χ0) is 72.7. The largest absolute Gasteiger partial charge is 0.472 e. The molecule has 5 atom stereocenters. The highest BCUT2D eigenvalue weighted by molar-refractivity contribution is 7.47. The zero-order valence-corrected chi connectivity index (χ0v) is 66.4. The van der Waals surface area contributed by atoms with Crippen molar-refractivity contribution < 1.29 is 80.2 Å². The summed E-state index contributed by atoms with van der Waals surface area (Å²) in [5.74, 6) is -1.30. The second-order valence-corrected chi connectivity index (χ2v) is 32.2. The van der Waals surface area contributed by atoms with Crippen LogP contribution in [0.2, 0.25) is 0 Å². The number of phosphoric ester groups is 2. The first-order chi connectivity index (χ1) is 48.0. The van der Waals surface area contributed by atoms with E-state index in [1.807, 2.05) is 0 Å². The summed E-state index contributed by atoms with van der Waals surface area (Å²) in [5, 5.41) is 10.6. The molecule has 0 aromatic rings. The average molecular weight is 1450 g/mol. The van der Waals surface area contributed by atoms with Crippen LogP contribution in [0.5, 0.6) is 0 Å². The summed E-state index contributed by atoms with van der Waals surface area (Å²) in [6, 6.07) is 0. The van der Waals surface area contributed by atoms with Gasteiger partial charge in [0.1, 0.15) is 19.3 Å². The molecule has 0 bridgehead atoms. The quantitative estimate of drug-likeness (QED) is 0.0222. The van der Waals surface area contributed by atoms with E-state index in [-0.39, 0.29) is 25.7 Å². The van der Waals surface area contributed by atoms with Crippen LogP contribution in [0.25, 0.3) is 0 Å². The van der Waals surface area contributed by atoms with Crippen LogP contribution in [0.15, 0.2) is 0 Å². The van der Waals surface area contributed by atoms with Crippen LogP contribution in [0.1, 0.15) is 426 Å². The van der Waals surface area contributed by atoms with Crippen molar-refractivity contribution in [2.75, 3.05) is 39.6 Å². The molecule has 588 valence electrons. The second kappa shape index (κ2) is 73.0. The fourth-order valence-corrected chi connectivity index (χ4v) is 14.0. The highest BCUT2D eigenvalue weighted by Crippen LogP contribution is 2.45. The van der Waals surface area contributed by atoms with Crippen molar-refractivity contribution in [3.63, 3.8) is 0 Å². The number of rotatable bonds is 80. The van der Waals surface area contributed by atoms with E-state index in [9.17, 15) is 43.2 Å². The summed E-state index contributed by atoms with van der Waals surface area (Å²) in [5.41, 5.74) is 0. The number of aliphatic hydroxyl groups is 1. The predicted octanol–water partition coefficient (Wildman–Crippen LogP) is 24.0. The van der Waals surface area contributed by atoms with E-state index in [2.05, 4.69) is 34.6 Å². The van der Waals surface area contributed by atoms with Gasteiger partial charge in [-0.05, 0) is 31.6 Å². The summed E-state index contributed by atoms with van der Waals surface area (Å²) < 4.78 is 68.5. The van der Waals surface area contributed by atoms with Gasteiger partial charge in [0.15, 0.2) is 12.2 Å². The number of carbonyl (C=O) groups is 4. The maximum absolute atomic E-state index is 13.1. The minimum absolute atomic E-state index is 0.106. The van der Waals surface area contributed by atoms with E-state index in [0.29, 0.717) is 25.7 Å². The first-order valence-corrected chi connectivity index (χ1v) is 44.6. The first kappa shape index (κ1) is 97.1. The van der Waals surface area contributed by atoms with E-state index in [4.69, 9.17) is 37.0 Å². The summed E-state index contributed by atoms with van der Waals surface area (Å²) >= 11 is 0. The van der Waals surface area contributed by atoms with Gasteiger partial charge in [-0.3, -0.25) is 37.3 Å². The Labute approximate surface area is 607 Å². The van der Waals surface area contributed by atoms with Crippen molar-refractivity contribution >= 4 is 39.5 Å². The molecule has 0 aliphatic carbocycles. The van der Waals surface area contributed by atoms with Gasteiger partial charge in [-0.25, -0.2) is 9.13 Å². The minimum Gasteiger partial charge on any atom is -0.462 e. The van der Waals surface area contributed by atoms with Gasteiger partial charge in [0, 0.05) is 25.7 Å². The topological polar surface area (TPSA) is 237 Å². The van der Waals surface area contributed by atoms with Crippen molar-refractivity contribution in [1.82, 2.24) is 0 Å². The number of unbranched alkanes of at least 4 members (excludes halogenated alkanes) is 52. The first-order valence-electron chi connectivity index (χ1n) is 41.6. The fourth-order valence-electron chi connectivity index (χ4n) is 12.4. The molecule has 0 heterocycles. The lowest BCUT2D eigenvalue weighted by Gasteiger charge is -2.21. The molecule has 19 heteroatoms. The summed E-state index contributed by atoms with van der Waals surface area (Å²) in [7, 11) is -9.91. The fraction of sp³-hybridized carbons (Fsp3) is 0.950. The molecule has 0 aromatic heterocycles. The lowest BCUT2D eigenvalue weighted by atomic mass is 10.0. The number of carbonyl (C=O) groups excluding carboxylic acids is 4. The Balaban J connectivity index is 5.12. The molecule has 3 N–H and O–H groups in total. The molecule has 0 aromatic carbocycles. The molecule has 0 amide bonds. The Hall–Kier alpha value is -1.94. The van der Waals surface area contributed by atoms with E-state index in [1.54, 1.807) is 0 Å². The SMILES string of the molecule is CCCCCCCCCCCCCCCCCCCCCCCC(=O)OC[C@H](COP(=O)(O)OC[C@@H](O)COP(=O)(O)OC[C@@H](COC(=O)CCCCCCCCC)OC(=O)CCCCCCCCCCCC)OC(=O)CCCCCCCCCCCCCCCCCCCCC(C)C. The Morgan fingerprint density at radius 1 is 0.273 bits per heavy atom. The Bertz CT molecular complexity index is 1890. The second-order valence-electron chi connectivity index (χ2n) is 29.3. The van der Waals surface area contributed by atoms with Crippen molar-refractivity contribution in [1.29, 1.82) is 0 Å². The summed E-state index contributed by atoms with van der Waals surface area (Å²) in [6.45, 7) is 7.30. The summed E-state index contributed by atoms with van der Waals surface area (Å²) in [6.07, 6.45) is 64.2. The van der Waals surface area contributed by atoms with Crippen molar-refractivity contribution in [2.45, 2.75) is 445 Å². The highest BCUT2D eigenvalue weighted by Gasteiger charge is 2.30. The third kappa shape index (κ3) is 74.1. The van der Waals surface area contributed by atoms with Gasteiger partial charge in [-0.1, -0.05) is 375 Å². The molecule has 99 heavy (non-hydrogen) atoms. The van der Waals surface area contributed by atoms with Gasteiger partial charge < -0.3 is 33.8 Å². The third-order valence-corrected chi connectivity index (χ3v) is 20.7. The van der Waals surface area contributed by atoms with E-state index < -0.39 is 97.5 Å². The summed E-state index contributed by atoms with van der Waals surface area (Å²) in [4.78, 5) is 72.7. The molecule has 0 saturated heterocycles. The lowest BCUT2D eigenvalue weighted by Crippen LogP contribution is -2.30. The smallest absolute Gasteiger partial charge is 0.462 e. The predicted molar refractivity (Wildman–Crippen MR) is 405 cm³/mol. The zero-order valence-electron chi connectivity index (χ0n) is 64.6. The average Bonchev–Trinajstić information content (AvgIpc) is 1.05. The normalized spacial score (nSPS) is 13.9. The Morgan fingerprint density at radius 3 is 0.687 bits per heavy atom. The number of hydrogen-bond acceptors (Lipinski definition) is 15. The number of aliphatic hydroxyl groups excluding tert-OH is 1. The van der Waals surface area contributed by atoms with Gasteiger partial charge in [0.25, 0.3) is 0 Å². The molecule has 0 spiro atoms. The number of hydrogen-bond donors (Lipinski definition) is 3. The van der Waals surface area contributed by atoms with Gasteiger partial charge in [0.2, 0.25) is 0 Å². The van der Waals surface area contributed by atoms with Gasteiger partial charge in [-0.2, -0.15) is 0 Å². The Morgan fingerprint density at radius 2 is 0.465 bits per heavy atom. The van der Waals surface area contributed by atoms with Crippen molar-refractivity contribution in [3.05, 3.63) is 0 Å². The molecule has 0 aliphatic heterocycles. The number of phosphoric acid groups is 2. The molecule has 0 fully saturated rings. The maximum Gasteiger partial charge on any atom is 0.472 e. The third-order valence-electron chi connectivity index (χ3n) is 18.8. The molecular weight excluding hydrogens is 1290 g/mol. The lowest BCUT2D eigenvalue weighted by molar-refractivity contribution is -0.161. The standard InChI is InChI=1S/C80H156O17P2/c1-6-9-12-15-18-20-22-23-24-25-26-27-28-32-35-38-41-45-49-54-59-64-78(83)91-70-76(97-80(85)66-61-56-51-46-42-39-36-33-30-29-31-34-37-40-43-48-52-57-62-73(4)5)72-95-99(88,89)93-68-74(81)67-92-98(86,87)94-71-75(69-90-77(82)63-58-53-47-17-14-11-8-3)96-79(84)65-60-55-50-44-21-19-16-13-10-7-2/h73-76,81H,6-72H2,1-5H3,(H,86,87)(H,88,89)/t74-,75+,76+/m0/s1. The van der Waals surface area contributed by atoms with E-state index in [1.165, 1.54) is 238 Å². The molecule has 0 rings (SSSR count). The molecule has 0 saturated carbocycles. The van der Waals surface area contributed by atoms with Gasteiger partial charge in [-0.15, -0.1) is 0 Å². The monoisotopic (exact) mass is 1450 g/mol. The maximum atomic E-state index is 13.1. The van der Waals surface area contributed by atoms with Crippen molar-refractivity contribution in [2.24, 2.45) is 5.92 Å². The van der Waals surface area contributed by atoms with E-state index >= 15 is 0 Å². The van der Waals surface area contributed by atoms with Crippen molar-refractivity contribution in [3.8, 4) is 0 Å².